The Bertz CT molecular complexity index is 1090. The molecule has 2 aromatic carbocycles. The maximum atomic E-state index is 7.62. The van der Waals surface area contributed by atoms with Crippen molar-refractivity contribution in [3.05, 3.63) is 66.3 Å². The van der Waals surface area contributed by atoms with Gasteiger partial charge in [-0.15, -0.1) is 0 Å². The zero-order valence-electron chi connectivity index (χ0n) is 13.7. The summed E-state index contributed by atoms with van der Waals surface area (Å²) in [7, 11) is 0. The number of allylic oxidation sites excluding steroid dienone is 1. The Morgan fingerprint density at radius 2 is 1.92 bits per heavy atom. The monoisotopic (exact) mass is 330 g/mol. The Morgan fingerprint density at radius 3 is 2.80 bits per heavy atom. The number of H-pyrrole nitrogens is 2. The summed E-state index contributed by atoms with van der Waals surface area (Å²) in [6.07, 6.45) is 4.84. The first kappa shape index (κ1) is 15.0. The molecule has 6 heteroatoms. The van der Waals surface area contributed by atoms with E-state index in [1.165, 1.54) is 11.6 Å². The van der Waals surface area contributed by atoms with E-state index >= 15 is 0 Å². The molecule has 4 rings (SSSR count). The van der Waals surface area contributed by atoms with E-state index in [0.717, 1.165) is 33.5 Å². The smallest absolute Gasteiger partial charge is 0.0725 e. The molecule has 0 saturated carbocycles. The molecule has 2 heterocycles. The number of anilines is 2. The number of benzene rings is 2. The molecule has 2 aromatic heterocycles. The van der Waals surface area contributed by atoms with Crippen LogP contribution >= 0.6 is 0 Å². The van der Waals surface area contributed by atoms with Crippen LogP contribution in [-0.4, -0.2) is 21.4 Å². The molecule has 0 atom stereocenters. The lowest BCUT2D eigenvalue weighted by atomic mass is 10.2. The van der Waals surface area contributed by atoms with Crippen LogP contribution in [0.5, 0.6) is 0 Å². The van der Waals surface area contributed by atoms with Gasteiger partial charge in [0.15, 0.2) is 0 Å². The molecule has 0 aliphatic rings. The Hall–Kier alpha value is -3.54. The number of fused-ring (bicyclic) bond motifs is 2. The van der Waals surface area contributed by atoms with Gasteiger partial charge in [0.25, 0.3) is 0 Å². The van der Waals surface area contributed by atoms with E-state index in [1.54, 1.807) is 12.4 Å². The van der Waals surface area contributed by atoms with E-state index in [1.807, 2.05) is 31.2 Å². The molecule has 0 aliphatic heterocycles. The molecule has 0 saturated heterocycles. The highest BCUT2D eigenvalue weighted by Crippen LogP contribution is 2.20. The number of aromatic nitrogens is 3. The largest absolute Gasteiger partial charge is 0.360 e. The van der Waals surface area contributed by atoms with Crippen LogP contribution in [0.3, 0.4) is 0 Å². The summed E-state index contributed by atoms with van der Waals surface area (Å²) >= 11 is 0. The first-order chi connectivity index (χ1) is 12.2. The minimum absolute atomic E-state index is 0.658. The molecular formula is C19H18N6. The van der Waals surface area contributed by atoms with Crippen molar-refractivity contribution in [3.8, 4) is 0 Å². The molecule has 6 nitrogen and oxygen atoms in total. The fourth-order valence-electron chi connectivity index (χ4n) is 2.82. The maximum Gasteiger partial charge on any atom is 0.0725 e. The second-order valence-electron chi connectivity index (χ2n) is 5.94. The molecule has 0 spiro atoms. The van der Waals surface area contributed by atoms with Crippen LogP contribution < -0.4 is 10.6 Å². The molecule has 0 fully saturated rings. The summed E-state index contributed by atoms with van der Waals surface area (Å²) in [4.78, 5) is 3.32. The highest BCUT2D eigenvalue weighted by molar-refractivity contribution is 5.87. The Balaban J connectivity index is 1.53. The summed E-state index contributed by atoms with van der Waals surface area (Å²) < 4.78 is 0. The number of aromatic amines is 2. The first-order valence-electron chi connectivity index (χ1n) is 7.98. The van der Waals surface area contributed by atoms with Gasteiger partial charge < -0.3 is 21.0 Å². The van der Waals surface area contributed by atoms with Gasteiger partial charge in [-0.1, -0.05) is 6.07 Å². The van der Waals surface area contributed by atoms with Crippen molar-refractivity contribution in [2.24, 2.45) is 0 Å². The molecule has 0 amide bonds. The van der Waals surface area contributed by atoms with Crippen LogP contribution in [0.2, 0.25) is 0 Å². The molecule has 25 heavy (non-hydrogen) atoms. The van der Waals surface area contributed by atoms with E-state index in [0.29, 0.717) is 5.70 Å². The number of hydrogen-bond donors (Lipinski definition) is 5. The van der Waals surface area contributed by atoms with E-state index in [2.05, 4.69) is 44.0 Å². The summed E-state index contributed by atoms with van der Waals surface area (Å²) in [6.45, 7) is 2.04. The van der Waals surface area contributed by atoms with E-state index < -0.39 is 0 Å². The second kappa shape index (κ2) is 6.16. The minimum atomic E-state index is 0.658. The van der Waals surface area contributed by atoms with Crippen molar-refractivity contribution < 1.29 is 0 Å². The third-order valence-electron chi connectivity index (χ3n) is 4.04. The lowest BCUT2D eigenvalue weighted by molar-refractivity contribution is 1.12. The van der Waals surface area contributed by atoms with Gasteiger partial charge in [-0.2, -0.15) is 5.10 Å². The van der Waals surface area contributed by atoms with E-state index in [9.17, 15) is 0 Å². The van der Waals surface area contributed by atoms with Gasteiger partial charge in [-0.25, -0.2) is 0 Å². The molecule has 0 unspecified atom stereocenters. The predicted molar refractivity (Wildman–Crippen MR) is 103 cm³/mol. The Morgan fingerprint density at radius 1 is 1.04 bits per heavy atom. The quantitative estimate of drug-likeness (QED) is 0.352. The molecule has 0 radical (unpaired) electrons. The van der Waals surface area contributed by atoms with Crippen molar-refractivity contribution in [1.29, 1.82) is 5.41 Å². The lowest BCUT2D eigenvalue weighted by Crippen LogP contribution is -2.03. The number of nitrogens with one attached hydrogen (secondary N) is 5. The molecular weight excluding hydrogens is 312 g/mol. The van der Waals surface area contributed by atoms with Gasteiger partial charge in [-0.3, -0.25) is 5.10 Å². The highest BCUT2D eigenvalue weighted by atomic mass is 15.1. The number of hydrogen-bond acceptors (Lipinski definition) is 4. The predicted octanol–water partition coefficient (Wildman–Crippen LogP) is 4.37. The fourth-order valence-corrected chi connectivity index (χ4v) is 2.82. The molecule has 124 valence electrons. The first-order valence-corrected chi connectivity index (χ1v) is 7.98. The van der Waals surface area contributed by atoms with Crippen LogP contribution in [0.1, 0.15) is 5.69 Å². The van der Waals surface area contributed by atoms with Crippen LogP contribution in [0, 0.1) is 12.3 Å². The van der Waals surface area contributed by atoms with Gasteiger partial charge in [0.1, 0.15) is 0 Å². The number of aryl methyl sites for hydroxylation is 1. The van der Waals surface area contributed by atoms with Crippen molar-refractivity contribution >= 4 is 39.4 Å². The zero-order valence-corrected chi connectivity index (χ0v) is 13.7. The number of nitrogens with zero attached hydrogens (tertiary/aromatic N) is 1. The fraction of sp³-hybridized carbons (Fsp3) is 0.0526. The van der Waals surface area contributed by atoms with Crippen molar-refractivity contribution in [1.82, 2.24) is 15.2 Å². The summed E-state index contributed by atoms with van der Waals surface area (Å²) in [5, 5.41) is 23.2. The van der Waals surface area contributed by atoms with Gasteiger partial charge in [-0.05, 0) is 48.7 Å². The topological polar surface area (TPSA) is 92.4 Å². The van der Waals surface area contributed by atoms with Crippen LogP contribution in [0.15, 0.2) is 60.6 Å². The molecule has 0 aliphatic carbocycles. The summed E-state index contributed by atoms with van der Waals surface area (Å²) in [6, 6.07) is 14.2. The molecule has 0 bridgehead atoms. The SMILES string of the molecule is Cc1cc2ccc(N/C=C(\C=N)Nc3ccc4[nH]ncc4c3)cc2[nH]1. The van der Waals surface area contributed by atoms with Gasteiger partial charge in [0, 0.05) is 40.4 Å². The third kappa shape index (κ3) is 3.10. The Kier molecular flexibility index (Phi) is 3.70. The zero-order chi connectivity index (χ0) is 17.2. The van der Waals surface area contributed by atoms with Crippen molar-refractivity contribution in [2.75, 3.05) is 10.6 Å². The highest BCUT2D eigenvalue weighted by Gasteiger charge is 2.01. The summed E-state index contributed by atoms with van der Waals surface area (Å²) in [5.74, 6) is 0. The minimum Gasteiger partial charge on any atom is -0.360 e. The molecule has 5 N–H and O–H groups in total. The van der Waals surface area contributed by atoms with E-state index in [4.69, 9.17) is 5.41 Å². The van der Waals surface area contributed by atoms with Crippen LogP contribution in [0.4, 0.5) is 11.4 Å². The molecule has 4 aromatic rings. The van der Waals surface area contributed by atoms with Gasteiger partial charge in [0.05, 0.1) is 17.4 Å². The van der Waals surface area contributed by atoms with Crippen LogP contribution in [0.25, 0.3) is 21.8 Å². The normalized spacial score (nSPS) is 11.8. The van der Waals surface area contributed by atoms with Gasteiger partial charge in [0.2, 0.25) is 0 Å². The van der Waals surface area contributed by atoms with Gasteiger partial charge >= 0.3 is 0 Å². The Labute approximate surface area is 144 Å². The average molecular weight is 330 g/mol. The van der Waals surface area contributed by atoms with Crippen molar-refractivity contribution in [2.45, 2.75) is 6.92 Å². The van der Waals surface area contributed by atoms with Crippen LogP contribution in [-0.2, 0) is 0 Å². The lowest BCUT2D eigenvalue weighted by Gasteiger charge is -2.08. The van der Waals surface area contributed by atoms with Crippen molar-refractivity contribution in [3.63, 3.8) is 0 Å². The standard InChI is InChI=1S/C19H18N6/c1-12-6-13-2-3-15(8-19(13)23-12)21-11-17(9-20)24-16-4-5-18-14(7-16)10-22-25-18/h2-11,20-21,23-24H,1H3,(H,22,25)/b17-11+,20-9?. The average Bonchev–Trinajstić information content (AvgIpc) is 3.22. The summed E-state index contributed by atoms with van der Waals surface area (Å²) in [5.41, 5.74) is 5.73. The number of rotatable bonds is 5. The maximum absolute atomic E-state index is 7.62. The second-order valence-corrected chi connectivity index (χ2v) is 5.94. The van der Waals surface area contributed by atoms with E-state index in [-0.39, 0.29) is 0 Å². The third-order valence-corrected chi connectivity index (χ3v) is 4.04.